The van der Waals surface area contributed by atoms with Gasteiger partial charge in [-0.1, -0.05) is 65.2 Å². The fourth-order valence-corrected chi connectivity index (χ4v) is 5.55. The fraction of sp³-hybridized carbons (Fsp3) is 0.808. The molecule has 0 heterocycles. The smallest absolute Gasteiger partial charge is 0.330 e. The zero-order valence-corrected chi connectivity index (χ0v) is 21.8. The van der Waals surface area contributed by atoms with E-state index in [0.29, 0.717) is 18.6 Å². The van der Waals surface area contributed by atoms with Crippen molar-refractivity contribution in [3.05, 3.63) is 24.3 Å². The van der Waals surface area contributed by atoms with Crippen molar-refractivity contribution in [1.29, 1.82) is 0 Å². The molecule has 0 saturated heterocycles. The van der Waals surface area contributed by atoms with Crippen molar-refractivity contribution in [2.75, 3.05) is 6.61 Å². The van der Waals surface area contributed by atoms with Crippen molar-refractivity contribution in [2.24, 2.45) is 11.8 Å². The molecule has 3 nitrogen and oxygen atoms in total. The second-order valence-electron chi connectivity index (χ2n) is 10.3. The minimum atomic E-state index is -1.73. The van der Waals surface area contributed by atoms with Gasteiger partial charge in [-0.15, -0.1) is 0 Å². The van der Waals surface area contributed by atoms with Crippen LogP contribution in [0.3, 0.4) is 0 Å². The Hall–Kier alpha value is -0.873. The number of ether oxygens (including phenoxy) is 1. The van der Waals surface area contributed by atoms with Crippen molar-refractivity contribution in [2.45, 2.75) is 117 Å². The van der Waals surface area contributed by atoms with E-state index >= 15 is 0 Å². The van der Waals surface area contributed by atoms with Crippen LogP contribution >= 0.6 is 0 Å². The van der Waals surface area contributed by atoms with Gasteiger partial charge in [0.05, 0.1) is 6.61 Å². The summed E-state index contributed by atoms with van der Waals surface area (Å²) in [5.74, 6) is 1.24. The summed E-state index contributed by atoms with van der Waals surface area (Å²) in [4.78, 5) is 11.3. The first-order chi connectivity index (χ1) is 14.1. The van der Waals surface area contributed by atoms with E-state index in [0.717, 1.165) is 25.2 Å². The molecule has 0 N–H and O–H groups in total. The van der Waals surface area contributed by atoms with Crippen molar-refractivity contribution in [3.63, 3.8) is 0 Å². The van der Waals surface area contributed by atoms with Gasteiger partial charge in [0.25, 0.3) is 0 Å². The third-order valence-electron chi connectivity index (χ3n) is 6.95. The molecule has 0 amide bonds. The molecule has 1 saturated carbocycles. The SMILES string of the molecule is CC/C=C\C[C@H]1[C@@H](CCCCC/C=C/C(=O)OCC)CC[C@H]1O[Si](C)(C)C(C)(C)C. The van der Waals surface area contributed by atoms with Gasteiger partial charge in [0, 0.05) is 12.2 Å². The number of carbonyl (C=O) groups excluding carboxylic acids is 1. The van der Waals surface area contributed by atoms with E-state index in [1.54, 1.807) is 6.08 Å². The highest BCUT2D eigenvalue weighted by molar-refractivity contribution is 6.74. The second kappa shape index (κ2) is 13.5. The molecule has 0 aromatic rings. The summed E-state index contributed by atoms with van der Waals surface area (Å²) in [6.45, 7) is 16.3. The number of esters is 1. The van der Waals surface area contributed by atoms with Gasteiger partial charge in [-0.05, 0) is 75.4 Å². The molecule has 4 heteroatoms. The van der Waals surface area contributed by atoms with Crippen LogP contribution in [0.5, 0.6) is 0 Å². The van der Waals surface area contributed by atoms with Gasteiger partial charge >= 0.3 is 5.97 Å². The zero-order chi connectivity index (χ0) is 22.6. The Morgan fingerprint density at radius 3 is 2.40 bits per heavy atom. The third-order valence-corrected chi connectivity index (χ3v) is 11.5. The lowest BCUT2D eigenvalue weighted by Gasteiger charge is -2.40. The van der Waals surface area contributed by atoms with E-state index in [1.165, 1.54) is 38.5 Å². The third kappa shape index (κ3) is 9.51. The van der Waals surface area contributed by atoms with E-state index in [9.17, 15) is 4.79 Å². The number of unbranched alkanes of at least 4 members (excludes halogenated alkanes) is 3. The highest BCUT2D eigenvalue weighted by Crippen LogP contribution is 2.45. The van der Waals surface area contributed by atoms with E-state index < -0.39 is 8.32 Å². The van der Waals surface area contributed by atoms with Gasteiger partial charge in [0.1, 0.15) is 0 Å². The Kier molecular flexibility index (Phi) is 12.2. The van der Waals surface area contributed by atoms with Crippen molar-refractivity contribution >= 4 is 14.3 Å². The molecule has 1 aliphatic carbocycles. The van der Waals surface area contributed by atoms with Crippen molar-refractivity contribution < 1.29 is 14.0 Å². The van der Waals surface area contributed by atoms with Crippen LogP contribution in [0.4, 0.5) is 0 Å². The highest BCUT2D eigenvalue weighted by atomic mass is 28.4. The van der Waals surface area contributed by atoms with Gasteiger partial charge in [0.2, 0.25) is 0 Å². The van der Waals surface area contributed by atoms with Crippen LogP contribution < -0.4 is 0 Å². The Morgan fingerprint density at radius 2 is 1.77 bits per heavy atom. The van der Waals surface area contributed by atoms with E-state index in [-0.39, 0.29) is 11.0 Å². The Morgan fingerprint density at radius 1 is 1.03 bits per heavy atom. The number of allylic oxidation sites excluding steroid dienone is 3. The first-order valence-corrected chi connectivity index (χ1v) is 15.2. The average molecular weight is 437 g/mol. The molecule has 1 rings (SSSR count). The number of carbonyl (C=O) groups is 1. The predicted octanol–water partition coefficient (Wildman–Crippen LogP) is 7.83. The minimum Gasteiger partial charge on any atom is -0.463 e. The molecular weight excluding hydrogens is 388 g/mol. The Balaban J connectivity index is 2.51. The molecule has 1 aliphatic rings. The summed E-state index contributed by atoms with van der Waals surface area (Å²) in [5, 5.41) is 0.270. The monoisotopic (exact) mass is 436 g/mol. The molecule has 0 aliphatic heterocycles. The van der Waals surface area contributed by atoms with Crippen LogP contribution in [0, 0.1) is 11.8 Å². The molecule has 0 aromatic carbocycles. The van der Waals surface area contributed by atoms with Crippen LogP contribution in [0.2, 0.25) is 18.1 Å². The number of hydrogen-bond donors (Lipinski definition) is 0. The molecule has 30 heavy (non-hydrogen) atoms. The summed E-state index contributed by atoms with van der Waals surface area (Å²) in [5.41, 5.74) is 0. The first-order valence-electron chi connectivity index (χ1n) is 12.3. The lowest BCUT2D eigenvalue weighted by molar-refractivity contribution is -0.137. The summed E-state index contributed by atoms with van der Waals surface area (Å²) >= 11 is 0. The minimum absolute atomic E-state index is 0.223. The maximum atomic E-state index is 11.3. The number of hydrogen-bond acceptors (Lipinski definition) is 3. The quantitative estimate of drug-likeness (QED) is 0.0970. The largest absolute Gasteiger partial charge is 0.463 e. The second-order valence-corrected chi connectivity index (χ2v) is 15.1. The van der Waals surface area contributed by atoms with Gasteiger partial charge < -0.3 is 9.16 Å². The van der Waals surface area contributed by atoms with Crippen LogP contribution in [-0.4, -0.2) is 27.0 Å². The lowest BCUT2D eigenvalue weighted by atomic mass is 9.87. The fourth-order valence-electron chi connectivity index (χ4n) is 4.15. The lowest BCUT2D eigenvalue weighted by Crippen LogP contribution is -2.45. The van der Waals surface area contributed by atoms with E-state index in [2.05, 4.69) is 52.9 Å². The topological polar surface area (TPSA) is 35.5 Å². The maximum absolute atomic E-state index is 11.3. The van der Waals surface area contributed by atoms with Crippen LogP contribution in [0.25, 0.3) is 0 Å². The van der Waals surface area contributed by atoms with Crippen LogP contribution in [-0.2, 0) is 14.0 Å². The van der Waals surface area contributed by atoms with Gasteiger partial charge in [-0.2, -0.15) is 0 Å². The van der Waals surface area contributed by atoms with Gasteiger partial charge in [0.15, 0.2) is 8.32 Å². The molecule has 3 atom stereocenters. The molecule has 0 radical (unpaired) electrons. The zero-order valence-electron chi connectivity index (χ0n) is 20.8. The molecule has 0 aromatic heterocycles. The molecular formula is C26H48O3Si. The maximum Gasteiger partial charge on any atom is 0.330 e. The standard InChI is InChI=1S/C26H48O3Si/c1-8-10-14-18-23-22(17-15-12-11-13-16-19-25(27)28-9-2)20-21-24(23)29-30(6,7)26(3,4)5/h10,14,16,19,22-24H,8-9,11-13,15,17-18,20-21H2,1-7H3/b14-10-,19-16+/t22-,23-,24+/m0/s1. The summed E-state index contributed by atoms with van der Waals surface area (Å²) < 4.78 is 11.8. The Labute approximate surface area is 187 Å². The van der Waals surface area contributed by atoms with Gasteiger partial charge in [-0.3, -0.25) is 0 Å². The molecule has 0 spiro atoms. The van der Waals surface area contributed by atoms with Gasteiger partial charge in [-0.25, -0.2) is 4.79 Å². The van der Waals surface area contributed by atoms with E-state index in [1.807, 2.05) is 13.0 Å². The van der Waals surface area contributed by atoms with Crippen LogP contribution in [0.1, 0.15) is 92.4 Å². The molecule has 0 unspecified atom stereocenters. The predicted molar refractivity (Wildman–Crippen MR) is 131 cm³/mol. The summed E-state index contributed by atoms with van der Waals surface area (Å²) in [6.07, 6.45) is 19.4. The molecule has 0 bridgehead atoms. The summed E-state index contributed by atoms with van der Waals surface area (Å²) in [7, 11) is -1.73. The average Bonchev–Trinajstić information content (AvgIpc) is 3.01. The van der Waals surface area contributed by atoms with Crippen molar-refractivity contribution in [1.82, 2.24) is 0 Å². The van der Waals surface area contributed by atoms with E-state index in [4.69, 9.17) is 9.16 Å². The number of rotatable bonds is 13. The highest BCUT2D eigenvalue weighted by Gasteiger charge is 2.43. The normalized spacial score (nSPS) is 23.0. The summed E-state index contributed by atoms with van der Waals surface area (Å²) in [6, 6.07) is 0. The Bertz CT molecular complexity index is 545. The van der Waals surface area contributed by atoms with Crippen molar-refractivity contribution in [3.8, 4) is 0 Å². The molecule has 1 fully saturated rings. The first kappa shape index (κ1) is 27.2. The van der Waals surface area contributed by atoms with Crippen LogP contribution in [0.15, 0.2) is 24.3 Å². The molecule has 174 valence electrons.